The first-order valence-electron chi connectivity index (χ1n) is 6.11. The molecule has 21 heavy (non-hydrogen) atoms. The molecule has 2 rings (SSSR count). The van der Waals surface area contributed by atoms with Crippen LogP contribution in [0.3, 0.4) is 0 Å². The SMILES string of the molecule is Cc1c(CN)cccc1S(=O)(=O)Nc1cc(Br)ccc1Cl. The van der Waals surface area contributed by atoms with Crippen LogP contribution < -0.4 is 10.5 Å². The molecule has 0 aliphatic heterocycles. The zero-order valence-corrected chi connectivity index (χ0v) is 14.4. The third-order valence-corrected chi connectivity index (χ3v) is 5.41. The molecule has 0 radical (unpaired) electrons. The average Bonchev–Trinajstić information content (AvgIpc) is 2.42. The lowest BCUT2D eigenvalue weighted by molar-refractivity contribution is 0.600. The second kappa shape index (κ2) is 6.36. The van der Waals surface area contributed by atoms with Gasteiger partial charge in [0.15, 0.2) is 0 Å². The molecular formula is C14H14BrClN2O2S. The lowest BCUT2D eigenvalue weighted by Gasteiger charge is -2.13. The van der Waals surface area contributed by atoms with Crippen molar-refractivity contribution in [1.82, 2.24) is 0 Å². The summed E-state index contributed by atoms with van der Waals surface area (Å²) in [7, 11) is -3.73. The van der Waals surface area contributed by atoms with Crippen molar-refractivity contribution in [3.8, 4) is 0 Å². The van der Waals surface area contributed by atoms with Crippen molar-refractivity contribution in [2.75, 3.05) is 4.72 Å². The highest BCUT2D eigenvalue weighted by molar-refractivity contribution is 9.10. The average molecular weight is 390 g/mol. The highest BCUT2D eigenvalue weighted by Gasteiger charge is 2.19. The molecule has 0 bridgehead atoms. The predicted molar refractivity (Wildman–Crippen MR) is 89.0 cm³/mol. The first kappa shape index (κ1) is 16.3. The van der Waals surface area contributed by atoms with Crippen molar-refractivity contribution in [2.45, 2.75) is 18.4 Å². The highest BCUT2D eigenvalue weighted by Crippen LogP contribution is 2.29. The predicted octanol–water partition coefficient (Wildman–Crippen LogP) is 3.67. The first-order valence-corrected chi connectivity index (χ1v) is 8.77. The van der Waals surface area contributed by atoms with Gasteiger partial charge in [0, 0.05) is 11.0 Å². The number of hydrogen-bond acceptors (Lipinski definition) is 3. The largest absolute Gasteiger partial charge is 0.326 e. The normalized spacial score (nSPS) is 11.4. The Hall–Kier alpha value is -1.08. The van der Waals surface area contributed by atoms with Crippen molar-refractivity contribution < 1.29 is 8.42 Å². The van der Waals surface area contributed by atoms with E-state index in [1.54, 1.807) is 43.3 Å². The van der Waals surface area contributed by atoms with Gasteiger partial charge >= 0.3 is 0 Å². The molecule has 7 heteroatoms. The maximum atomic E-state index is 12.5. The van der Waals surface area contributed by atoms with E-state index in [0.717, 1.165) is 10.0 Å². The first-order chi connectivity index (χ1) is 9.85. The van der Waals surface area contributed by atoms with Crippen LogP contribution >= 0.6 is 27.5 Å². The Labute approximate surface area is 137 Å². The highest BCUT2D eigenvalue weighted by atomic mass is 79.9. The number of benzene rings is 2. The molecule has 0 fully saturated rings. The Kier molecular flexibility index (Phi) is 4.93. The second-order valence-electron chi connectivity index (χ2n) is 4.47. The molecule has 0 saturated heterocycles. The van der Waals surface area contributed by atoms with Gasteiger partial charge in [-0.2, -0.15) is 0 Å². The minimum Gasteiger partial charge on any atom is -0.326 e. The molecule has 3 N–H and O–H groups in total. The maximum Gasteiger partial charge on any atom is 0.262 e. The van der Waals surface area contributed by atoms with E-state index in [-0.39, 0.29) is 11.4 Å². The van der Waals surface area contributed by atoms with E-state index in [9.17, 15) is 8.42 Å². The van der Waals surface area contributed by atoms with Crippen molar-refractivity contribution in [3.05, 3.63) is 57.0 Å². The minimum atomic E-state index is -3.73. The van der Waals surface area contributed by atoms with E-state index < -0.39 is 10.0 Å². The van der Waals surface area contributed by atoms with E-state index in [1.807, 2.05) is 0 Å². The molecule has 0 amide bonds. The third kappa shape index (κ3) is 3.58. The van der Waals surface area contributed by atoms with E-state index >= 15 is 0 Å². The fourth-order valence-corrected chi connectivity index (χ4v) is 3.89. The molecule has 0 atom stereocenters. The summed E-state index contributed by atoms with van der Waals surface area (Å²) in [4.78, 5) is 0.196. The Balaban J connectivity index is 2.46. The molecule has 0 saturated carbocycles. The van der Waals surface area contributed by atoms with Crippen LogP contribution in [0.25, 0.3) is 0 Å². The lowest BCUT2D eigenvalue weighted by atomic mass is 10.1. The number of nitrogens with one attached hydrogen (secondary N) is 1. The van der Waals surface area contributed by atoms with Crippen molar-refractivity contribution in [1.29, 1.82) is 0 Å². The van der Waals surface area contributed by atoms with Gasteiger partial charge in [0.1, 0.15) is 0 Å². The molecule has 0 unspecified atom stereocenters. The van der Waals surface area contributed by atoms with Gasteiger partial charge in [0.2, 0.25) is 0 Å². The molecule has 2 aromatic carbocycles. The van der Waals surface area contributed by atoms with E-state index in [2.05, 4.69) is 20.7 Å². The number of sulfonamides is 1. The Morgan fingerprint density at radius 1 is 1.29 bits per heavy atom. The monoisotopic (exact) mass is 388 g/mol. The number of hydrogen-bond donors (Lipinski definition) is 2. The molecule has 0 aliphatic carbocycles. The molecular weight excluding hydrogens is 376 g/mol. The van der Waals surface area contributed by atoms with Gasteiger partial charge in [0.25, 0.3) is 10.0 Å². The molecule has 0 aromatic heterocycles. The van der Waals surface area contributed by atoms with Crippen LogP contribution in [0.2, 0.25) is 5.02 Å². The van der Waals surface area contributed by atoms with Gasteiger partial charge < -0.3 is 5.73 Å². The van der Waals surface area contributed by atoms with Crippen LogP contribution in [-0.4, -0.2) is 8.42 Å². The Morgan fingerprint density at radius 2 is 2.00 bits per heavy atom. The summed E-state index contributed by atoms with van der Waals surface area (Å²) in [6, 6.07) is 9.99. The van der Waals surface area contributed by atoms with Crippen LogP contribution in [0.4, 0.5) is 5.69 Å². The summed E-state index contributed by atoms with van der Waals surface area (Å²) >= 11 is 9.31. The smallest absolute Gasteiger partial charge is 0.262 e. The second-order valence-corrected chi connectivity index (χ2v) is 7.45. The molecule has 0 heterocycles. The summed E-state index contributed by atoms with van der Waals surface area (Å²) < 4.78 is 28.3. The van der Waals surface area contributed by atoms with E-state index in [0.29, 0.717) is 16.3 Å². The van der Waals surface area contributed by atoms with Crippen LogP contribution in [-0.2, 0) is 16.6 Å². The lowest BCUT2D eigenvalue weighted by Crippen LogP contribution is -2.16. The van der Waals surface area contributed by atoms with Gasteiger partial charge in [-0.05, 0) is 42.3 Å². The van der Waals surface area contributed by atoms with E-state index in [4.69, 9.17) is 17.3 Å². The maximum absolute atomic E-state index is 12.5. The van der Waals surface area contributed by atoms with Crippen LogP contribution in [0.1, 0.15) is 11.1 Å². The molecule has 4 nitrogen and oxygen atoms in total. The number of anilines is 1. The molecule has 0 spiro atoms. The standard InChI is InChI=1S/C14H14BrClN2O2S/c1-9-10(8-17)3-2-4-14(9)21(19,20)18-13-7-11(15)5-6-12(13)16/h2-7,18H,8,17H2,1H3. The number of nitrogens with two attached hydrogens (primary N) is 1. The van der Waals surface area contributed by atoms with Gasteiger partial charge in [-0.3, -0.25) is 4.72 Å². The zero-order chi connectivity index (χ0) is 15.6. The zero-order valence-electron chi connectivity index (χ0n) is 11.2. The summed E-state index contributed by atoms with van der Waals surface area (Å²) in [5, 5.41) is 0.328. The Bertz CT molecular complexity index is 779. The van der Waals surface area contributed by atoms with E-state index in [1.165, 1.54) is 0 Å². The summed E-state index contributed by atoms with van der Waals surface area (Å²) in [6.45, 7) is 2.02. The fourth-order valence-electron chi connectivity index (χ4n) is 1.95. The van der Waals surface area contributed by atoms with Crippen LogP contribution in [0, 0.1) is 6.92 Å². The van der Waals surface area contributed by atoms with Gasteiger partial charge in [-0.1, -0.05) is 39.7 Å². The molecule has 2 aromatic rings. The third-order valence-electron chi connectivity index (χ3n) is 3.08. The van der Waals surface area contributed by atoms with Gasteiger partial charge in [0.05, 0.1) is 15.6 Å². The summed E-state index contributed by atoms with van der Waals surface area (Å²) in [6.07, 6.45) is 0. The quantitative estimate of drug-likeness (QED) is 0.838. The number of halogens is 2. The van der Waals surface area contributed by atoms with Crippen LogP contribution in [0.15, 0.2) is 45.8 Å². The molecule has 112 valence electrons. The number of rotatable bonds is 4. The van der Waals surface area contributed by atoms with Gasteiger partial charge in [-0.25, -0.2) is 8.42 Å². The minimum absolute atomic E-state index is 0.196. The summed E-state index contributed by atoms with van der Waals surface area (Å²) in [5.41, 5.74) is 7.37. The van der Waals surface area contributed by atoms with Crippen molar-refractivity contribution in [3.63, 3.8) is 0 Å². The summed E-state index contributed by atoms with van der Waals surface area (Å²) in [5.74, 6) is 0. The van der Waals surface area contributed by atoms with Crippen LogP contribution in [0.5, 0.6) is 0 Å². The molecule has 0 aliphatic rings. The van der Waals surface area contributed by atoms with Crippen molar-refractivity contribution >= 4 is 43.2 Å². The fraction of sp³-hybridized carbons (Fsp3) is 0.143. The van der Waals surface area contributed by atoms with Crippen molar-refractivity contribution in [2.24, 2.45) is 5.73 Å². The topological polar surface area (TPSA) is 72.2 Å². The van der Waals surface area contributed by atoms with Gasteiger partial charge in [-0.15, -0.1) is 0 Å². The Morgan fingerprint density at radius 3 is 2.67 bits per heavy atom.